The number of rotatable bonds is 3. The highest BCUT2D eigenvalue weighted by Gasteiger charge is 2.40. The van der Waals surface area contributed by atoms with Crippen LogP contribution in [0.15, 0.2) is 47.5 Å². The van der Waals surface area contributed by atoms with Crippen molar-refractivity contribution in [1.82, 2.24) is 4.98 Å². The van der Waals surface area contributed by atoms with Gasteiger partial charge in [0.15, 0.2) is 17.1 Å². The zero-order chi connectivity index (χ0) is 15.7. The van der Waals surface area contributed by atoms with Gasteiger partial charge in [0.25, 0.3) is 0 Å². The number of fused-ring (bicyclic) bond motifs is 1. The molecule has 1 unspecified atom stereocenters. The Balaban J connectivity index is 2.14. The first kappa shape index (κ1) is 14.1. The molecule has 5 nitrogen and oxygen atoms in total. The van der Waals surface area contributed by atoms with Crippen molar-refractivity contribution in [3.8, 4) is 0 Å². The van der Waals surface area contributed by atoms with Crippen LogP contribution in [0.1, 0.15) is 30.0 Å². The van der Waals surface area contributed by atoms with E-state index < -0.39 is 5.54 Å². The van der Waals surface area contributed by atoms with E-state index in [4.69, 9.17) is 0 Å². The minimum Gasteiger partial charge on any atom is -0.362 e. The highest BCUT2D eigenvalue weighted by Crippen LogP contribution is 2.35. The number of pyridine rings is 1. The molecule has 3 rings (SSSR count). The number of hydrogen-bond donors (Lipinski definition) is 1. The molecule has 110 valence electrons. The maximum atomic E-state index is 12.3. The number of anilines is 1. The van der Waals surface area contributed by atoms with Crippen molar-refractivity contribution >= 4 is 29.2 Å². The molecule has 0 saturated heterocycles. The topological polar surface area (TPSA) is 71.4 Å². The molecule has 1 aromatic carbocycles. The molecule has 0 amide bonds. The summed E-state index contributed by atoms with van der Waals surface area (Å²) in [6.07, 6.45) is 1.56. The molecule has 0 fully saturated rings. The standard InChI is InChI=1S/C17H15N3O2/c1-11(21)13-8-5-9-16(19-13)17(12(2)22)10-18-14-6-3-4-7-15(14)20-17/h3-10,20H,1-2H3. The fraction of sp³-hybridized carbons (Fsp3) is 0.176. The van der Waals surface area contributed by atoms with E-state index in [1.807, 2.05) is 24.3 Å². The van der Waals surface area contributed by atoms with E-state index in [-0.39, 0.29) is 11.6 Å². The lowest BCUT2D eigenvalue weighted by atomic mass is 9.89. The number of para-hydroxylation sites is 2. The third-order valence-corrected chi connectivity index (χ3v) is 3.70. The predicted octanol–water partition coefficient (Wildman–Crippen LogP) is 2.90. The summed E-state index contributed by atoms with van der Waals surface area (Å²) >= 11 is 0. The minimum atomic E-state index is -1.15. The highest BCUT2D eigenvalue weighted by molar-refractivity contribution is 6.09. The van der Waals surface area contributed by atoms with Gasteiger partial charge in [0.1, 0.15) is 5.69 Å². The molecule has 5 heteroatoms. The highest BCUT2D eigenvalue weighted by atomic mass is 16.1. The second kappa shape index (κ2) is 5.18. The number of nitrogens with zero attached hydrogens (tertiary/aromatic N) is 2. The third-order valence-electron chi connectivity index (χ3n) is 3.70. The second-order valence-corrected chi connectivity index (χ2v) is 5.23. The number of aliphatic imine (C=N–C) groups is 1. The summed E-state index contributed by atoms with van der Waals surface area (Å²) in [5.74, 6) is -0.285. The van der Waals surface area contributed by atoms with Crippen LogP contribution in [-0.2, 0) is 10.3 Å². The SMILES string of the molecule is CC(=O)c1cccc(C2(C(C)=O)C=Nc3ccccc3N2)n1. The molecule has 2 heterocycles. The summed E-state index contributed by atoms with van der Waals surface area (Å²) in [7, 11) is 0. The fourth-order valence-electron chi connectivity index (χ4n) is 2.44. The van der Waals surface area contributed by atoms with Crippen LogP contribution >= 0.6 is 0 Å². The number of carbonyl (C=O) groups is 2. The molecule has 1 aromatic heterocycles. The quantitative estimate of drug-likeness (QED) is 0.883. The molecule has 0 saturated carbocycles. The second-order valence-electron chi connectivity index (χ2n) is 5.23. The monoisotopic (exact) mass is 293 g/mol. The first-order chi connectivity index (χ1) is 10.5. The fourth-order valence-corrected chi connectivity index (χ4v) is 2.44. The number of hydrogen-bond acceptors (Lipinski definition) is 5. The summed E-state index contributed by atoms with van der Waals surface area (Å²) in [6.45, 7) is 2.93. The molecule has 0 aliphatic carbocycles. The molecule has 22 heavy (non-hydrogen) atoms. The number of aromatic nitrogens is 1. The van der Waals surface area contributed by atoms with Gasteiger partial charge in [-0.15, -0.1) is 0 Å². The molecule has 1 aliphatic heterocycles. The van der Waals surface area contributed by atoms with Crippen molar-refractivity contribution in [1.29, 1.82) is 0 Å². The molecule has 1 aliphatic rings. The summed E-state index contributed by atoms with van der Waals surface area (Å²) < 4.78 is 0. The number of carbonyl (C=O) groups excluding carboxylic acids is 2. The molecule has 1 N–H and O–H groups in total. The van der Waals surface area contributed by atoms with Crippen LogP contribution in [0.2, 0.25) is 0 Å². The van der Waals surface area contributed by atoms with Crippen molar-refractivity contribution in [3.63, 3.8) is 0 Å². The predicted molar refractivity (Wildman–Crippen MR) is 84.8 cm³/mol. The molecule has 2 aromatic rings. The Labute approximate surface area is 128 Å². The van der Waals surface area contributed by atoms with Gasteiger partial charge in [-0.2, -0.15) is 0 Å². The van der Waals surface area contributed by atoms with Crippen LogP contribution in [0, 0.1) is 0 Å². The average molecular weight is 293 g/mol. The van der Waals surface area contributed by atoms with Gasteiger partial charge in [0.2, 0.25) is 0 Å². The van der Waals surface area contributed by atoms with Crippen molar-refractivity contribution in [2.24, 2.45) is 4.99 Å². The Morgan fingerprint density at radius 1 is 1.05 bits per heavy atom. The van der Waals surface area contributed by atoms with E-state index in [2.05, 4.69) is 15.3 Å². The van der Waals surface area contributed by atoms with Crippen molar-refractivity contribution in [2.45, 2.75) is 19.4 Å². The van der Waals surface area contributed by atoms with Crippen LogP contribution in [0.25, 0.3) is 0 Å². The van der Waals surface area contributed by atoms with Crippen molar-refractivity contribution in [2.75, 3.05) is 5.32 Å². The molecular formula is C17H15N3O2. The van der Waals surface area contributed by atoms with Crippen molar-refractivity contribution < 1.29 is 9.59 Å². The Morgan fingerprint density at radius 3 is 2.55 bits per heavy atom. The number of Topliss-reactive ketones (excluding diaryl/α,β-unsaturated/α-hetero) is 2. The number of benzene rings is 1. The smallest absolute Gasteiger partial charge is 0.178 e. The Bertz CT molecular complexity index is 798. The molecule has 0 bridgehead atoms. The van der Waals surface area contributed by atoms with E-state index >= 15 is 0 Å². The molecule has 0 spiro atoms. The Kier molecular flexibility index (Phi) is 3.33. The van der Waals surface area contributed by atoms with Crippen LogP contribution < -0.4 is 5.32 Å². The third kappa shape index (κ3) is 2.20. The van der Waals surface area contributed by atoms with E-state index in [9.17, 15) is 9.59 Å². The number of ketones is 2. The van der Waals surface area contributed by atoms with Gasteiger partial charge in [-0.25, -0.2) is 4.98 Å². The Hall–Kier alpha value is -2.82. The van der Waals surface area contributed by atoms with Gasteiger partial charge in [-0.05, 0) is 31.2 Å². The lowest BCUT2D eigenvalue weighted by Crippen LogP contribution is -2.46. The van der Waals surface area contributed by atoms with E-state index in [1.54, 1.807) is 24.4 Å². The van der Waals surface area contributed by atoms with Gasteiger partial charge in [-0.3, -0.25) is 14.6 Å². The molecule has 0 radical (unpaired) electrons. The minimum absolute atomic E-state index is 0.140. The van der Waals surface area contributed by atoms with Gasteiger partial charge in [0, 0.05) is 13.1 Å². The lowest BCUT2D eigenvalue weighted by Gasteiger charge is -2.32. The van der Waals surface area contributed by atoms with Crippen molar-refractivity contribution in [3.05, 3.63) is 53.9 Å². The summed E-state index contributed by atoms with van der Waals surface area (Å²) in [5.41, 5.74) is 1.16. The van der Waals surface area contributed by atoms with E-state index in [0.717, 1.165) is 11.4 Å². The summed E-state index contributed by atoms with van der Waals surface area (Å²) in [5, 5.41) is 3.22. The number of nitrogens with one attached hydrogen (secondary N) is 1. The zero-order valence-electron chi connectivity index (χ0n) is 12.3. The maximum absolute atomic E-state index is 12.3. The Morgan fingerprint density at radius 2 is 1.82 bits per heavy atom. The van der Waals surface area contributed by atoms with E-state index in [0.29, 0.717) is 11.4 Å². The van der Waals surface area contributed by atoms with Gasteiger partial charge < -0.3 is 5.32 Å². The van der Waals surface area contributed by atoms with Gasteiger partial charge in [-0.1, -0.05) is 18.2 Å². The first-order valence-electron chi connectivity index (χ1n) is 6.95. The summed E-state index contributed by atoms with van der Waals surface area (Å²) in [4.78, 5) is 32.6. The largest absolute Gasteiger partial charge is 0.362 e. The van der Waals surface area contributed by atoms with Crippen LogP contribution in [-0.4, -0.2) is 22.8 Å². The van der Waals surface area contributed by atoms with Crippen LogP contribution in [0.5, 0.6) is 0 Å². The van der Waals surface area contributed by atoms with Gasteiger partial charge >= 0.3 is 0 Å². The van der Waals surface area contributed by atoms with E-state index in [1.165, 1.54) is 13.8 Å². The van der Waals surface area contributed by atoms with Crippen LogP contribution in [0.4, 0.5) is 11.4 Å². The van der Waals surface area contributed by atoms with Gasteiger partial charge in [0.05, 0.1) is 17.1 Å². The first-order valence-corrected chi connectivity index (χ1v) is 6.95. The average Bonchev–Trinajstić information content (AvgIpc) is 2.54. The lowest BCUT2D eigenvalue weighted by molar-refractivity contribution is -0.119. The molecular weight excluding hydrogens is 278 g/mol. The maximum Gasteiger partial charge on any atom is 0.178 e. The normalized spacial score (nSPS) is 19.2. The zero-order valence-corrected chi connectivity index (χ0v) is 12.3. The molecule has 1 atom stereocenters. The summed E-state index contributed by atoms with van der Waals surface area (Å²) in [6, 6.07) is 12.6. The van der Waals surface area contributed by atoms with Crippen LogP contribution in [0.3, 0.4) is 0 Å².